The van der Waals surface area contributed by atoms with E-state index < -0.39 is 11.8 Å². The Labute approximate surface area is 100 Å². The predicted octanol–water partition coefficient (Wildman–Crippen LogP) is 3.23. The van der Waals surface area contributed by atoms with Crippen molar-refractivity contribution in [3.63, 3.8) is 0 Å². The van der Waals surface area contributed by atoms with Crippen LogP contribution in [-0.4, -0.2) is 17.7 Å². The first-order valence-corrected chi connectivity index (χ1v) is 5.74. The van der Waals surface area contributed by atoms with Crippen molar-refractivity contribution in [2.45, 2.75) is 32.8 Å². The Hall–Kier alpha value is -1.42. The van der Waals surface area contributed by atoms with Crippen LogP contribution in [0.1, 0.15) is 42.1 Å². The summed E-state index contributed by atoms with van der Waals surface area (Å²) in [5, 5.41) is 8.68. The zero-order valence-corrected chi connectivity index (χ0v) is 9.91. The smallest absolute Gasteiger partial charge is 0.335 e. The summed E-state index contributed by atoms with van der Waals surface area (Å²) in [4.78, 5) is 10.6. The van der Waals surface area contributed by atoms with E-state index in [0.29, 0.717) is 12.2 Å². The van der Waals surface area contributed by atoms with E-state index in [9.17, 15) is 9.18 Å². The highest BCUT2D eigenvalue weighted by Crippen LogP contribution is 2.12. The fraction of sp³-hybridized carbons (Fsp3) is 0.462. The van der Waals surface area contributed by atoms with Crippen molar-refractivity contribution in [3.05, 3.63) is 35.1 Å². The van der Waals surface area contributed by atoms with Crippen molar-refractivity contribution < 1.29 is 19.0 Å². The molecular formula is C13H17FO3. The molecule has 0 spiro atoms. The molecule has 0 bridgehead atoms. The van der Waals surface area contributed by atoms with Crippen molar-refractivity contribution in [3.8, 4) is 0 Å². The number of halogens is 1. The highest BCUT2D eigenvalue weighted by atomic mass is 19.1. The van der Waals surface area contributed by atoms with Gasteiger partial charge >= 0.3 is 5.97 Å². The van der Waals surface area contributed by atoms with E-state index in [-0.39, 0.29) is 12.2 Å². The number of ether oxygens (including phenoxy) is 1. The molecule has 0 saturated heterocycles. The zero-order valence-electron chi connectivity index (χ0n) is 9.91. The average Bonchev–Trinajstić information content (AvgIpc) is 2.30. The molecule has 3 nitrogen and oxygen atoms in total. The number of carboxylic acid groups (broad SMARTS) is 1. The molecule has 4 heteroatoms. The first-order valence-electron chi connectivity index (χ1n) is 5.74. The van der Waals surface area contributed by atoms with E-state index in [0.717, 1.165) is 25.3 Å². The van der Waals surface area contributed by atoms with Gasteiger partial charge in [0.25, 0.3) is 0 Å². The van der Waals surface area contributed by atoms with E-state index in [2.05, 4.69) is 6.92 Å². The second-order valence-electron chi connectivity index (χ2n) is 3.87. The van der Waals surface area contributed by atoms with Gasteiger partial charge in [-0.3, -0.25) is 0 Å². The van der Waals surface area contributed by atoms with Crippen LogP contribution in [0.4, 0.5) is 4.39 Å². The van der Waals surface area contributed by atoms with Crippen LogP contribution in [0.15, 0.2) is 18.2 Å². The lowest BCUT2D eigenvalue weighted by molar-refractivity contribution is 0.0696. The number of carbonyl (C=O) groups is 1. The van der Waals surface area contributed by atoms with E-state index in [1.54, 1.807) is 0 Å². The SMILES string of the molecule is CCCCCOCc1ccc(C(=O)O)cc1F. The third kappa shape index (κ3) is 4.53. The molecule has 0 unspecified atom stereocenters. The number of hydrogen-bond acceptors (Lipinski definition) is 2. The number of carboxylic acids is 1. The fourth-order valence-electron chi connectivity index (χ4n) is 1.43. The summed E-state index contributed by atoms with van der Waals surface area (Å²) in [5.74, 6) is -1.65. The van der Waals surface area contributed by atoms with Crippen LogP contribution in [-0.2, 0) is 11.3 Å². The number of aromatic carboxylic acids is 1. The lowest BCUT2D eigenvalue weighted by Crippen LogP contribution is -2.01. The van der Waals surface area contributed by atoms with Gasteiger partial charge in [-0.2, -0.15) is 0 Å². The number of hydrogen-bond donors (Lipinski definition) is 1. The Morgan fingerprint density at radius 2 is 2.18 bits per heavy atom. The summed E-state index contributed by atoms with van der Waals surface area (Å²) in [5.41, 5.74) is 0.351. The molecule has 1 N–H and O–H groups in total. The summed E-state index contributed by atoms with van der Waals surface area (Å²) in [6, 6.07) is 3.86. The van der Waals surface area contributed by atoms with Crippen LogP contribution in [0, 0.1) is 5.82 Å². The van der Waals surface area contributed by atoms with Crippen molar-refractivity contribution in [2.24, 2.45) is 0 Å². The predicted molar refractivity (Wildman–Crippen MR) is 62.5 cm³/mol. The van der Waals surface area contributed by atoms with Gasteiger partial charge in [0, 0.05) is 12.2 Å². The van der Waals surface area contributed by atoms with Gasteiger partial charge in [-0.1, -0.05) is 25.8 Å². The maximum absolute atomic E-state index is 13.4. The van der Waals surface area contributed by atoms with Crippen LogP contribution < -0.4 is 0 Å². The van der Waals surface area contributed by atoms with Crippen molar-refractivity contribution in [2.75, 3.05) is 6.61 Å². The minimum absolute atomic E-state index is 0.0442. The van der Waals surface area contributed by atoms with Gasteiger partial charge in [-0.05, 0) is 18.6 Å². The molecule has 94 valence electrons. The van der Waals surface area contributed by atoms with Gasteiger partial charge in [0.1, 0.15) is 5.82 Å². The zero-order chi connectivity index (χ0) is 12.7. The Kier molecular flexibility index (Phi) is 5.63. The van der Waals surface area contributed by atoms with E-state index in [1.165, 1.54) is 12.1 Å². The molecule has 1 rings (SSSR count). The van der Waals surface area contributed by atoms with Gasteiger partial charge in [0.05, 0.1) is 12.2 Å². The monoisotopic (exact) mass is 240 g/mol. The quantitative estimate of drug-likeness (QED) is 0.744. The molecule has 0 heterocycles. The number of unbranched alkanes of at least 4 members (excludes halogenated alkanes) is 2. The Morgan fingerprint density at radius 3 is 2.76 bits per heavy atom. The molecule has 0 radical (unpaired) electrons. The van der Waals surface area contributed by atoms with Crippen LogP contribution in [0.5, 0.6) is 0 Å². The third-order valence-corrected chi connectivity index (χ3v) is 2.45. The standard InChI is InChI=1S/C13H17FO3/c1-2-3-4-7-17-9-11-6-5-10(13(15)16)8-12(11)14/h5-6,8H,2-4,7,9H2,1H3,(H,15,16). The lowest BCUT2D eigenvalue weighted by atomic mass is 10.1. The average molecular weight is 240 g/mol. The molecule has 0 saturated carbocycles. The van der Waals surface area contributed by atoms with Gasteiger partial charge in [-0.25, -0.2) is 9.18 Å². The summed E-state index contributed by atoms with van der Waals surface area (Å²) in [6.07, 6.45) is 3.18. The summed E-state index contributed by atoms with van der Waals surface area (Å²) in [6.45, 7) is 2.90. The van der Waals surface area contributed by atoms with Gasteiger partial charge in [0.2, 0.25) is 0 Å². The van der Waals surface area contributed by atoms with Crippen molar-refractivity contribution in [1.82, 2.24) is 0 Å². The Balaban J connectivity index is 2.46. The van der Waals surface area contributed by atoms with Crippen LogP contribution in [0.3, 0.4) is 0 Å². The van der Waals surface area contributed by atoms with Crippen LogP contribution >= 0.6 is 0 Å². The third-order valence-electron chi connectivity index (χ3n) is 2.45. The number of rotatable bonds is 7. The van der Waals surface area contributed by atoms with Crippen LogP contribution in [0.25, 0.3) is 0 Å². The first-order chi connectivity index (χ1) is 8.15. The lowest BCUT2D eigenvalue weighted by Gasteiger charge is -2.05. The normalized spacial score (nSPS) is 10.5. The van der Waals surface area contributed by atoms with Gasteiger partial charge < -0.3 is 9.84 Å². The van der Waals surface area contributed by atoms with E-state index in [1.807, 2.05) is 0 Å². The van der Waals surface area contributed by atoms with Gasteiger partial charge in [-0.15, -0.1) is 0 Å². The summed E-state index contributed by atoms with van der Waals surface area (Å²) >= 11 is 0. The molecule has 0 fully saturated rings. The molecular weight excluding hydrogens is 223 g/mol. The highest BCUT2D eigenvalue weighted by Gasteiger charge is 2.08. The first kappa shape index (κ1) is 13.6. The molecule has 0 atom stereocenters. The van der Waals surface area contributed by atoms with Crippen LogP contribution in [0.2, 0.25) is 0 Å². The molecule has 1 aromatic carbocycles. The Morgan fingerprint density at radius 1 is 1.41 bits per heavy atom. The molecule has 0 aliphatic heterocycles. The highest BCUT2D eigenvalue weighted by molar-refractivity contribution is 5.87. The maximum atomic E-state index is 13.4. The van der Waals surface area contributed by atoms with Crippen molar-refractivity contribution in [1.29, 1.82) is 0 Å². The fourth-order valence-corrected chi connectivity index (χ4v) is 1.43. The molecule has 1 aromatic rings. The largest absolute Gasteiger partial charge is 0.478 e. The molecule has 0 aliphatic rings. The molecule has 0 aromatic heterocycles. The molecule has 0 amide bonds. The minimum atomic E-state index is -1.13. The molecule has 0 aliphatic carbocycles. The van der Waals surface area contributed by atoms with Crippen molar-refractivity contribution >= 4 is 5.97 Å². The van der Waals surface area contributed by atoms with Gasteiger partial charge in [0.15, 0.2) is 0 Å². The maximum Gasteiger partial charge on any atom is 0.335 e. The molecule has 17 heavy (non-hydrogen) atoms. The second kappa shape index (κ2) is 7.01. The summed E-state index contributed by atoms with van der Waals surface area (Å²) < 4.78 is 18.8. The second-order valence-corrected chi connectivity index (χ2v) is 3.87. The topological polar surface area (TPSA) is 46.5 Å². The minimum Gasteiger partial charge on any atom is -0.478 e. The Bertz CT molecular complexity index is 377. The van der Waals surface area contributed by atoms with E-state index in [4.69, 9.17) is 9.84 Å². The summed E-state index contributed by atoms with van der Waals surface area (Å²) in [7, 11) is 0. The number of benzene rings is 1. The van der Waals surface area contributed by atoms with E-state index >= 15 is 0 Å².